The molecule has 0 radical (unpaired) electrons. The van der Waals surface area contributed by atoms with E-state index < -0.39 is 24.0 Å². The minimum Gasteiger partial charge on any atom is -0.465 e. The number of hydrogen-bond acceptors (Lipinski definition) is 4. The number of rotatable bonds is 4. The SMILES string of the molecule is COC(=O)c1cccc(NC(=O)c2ccc(OC(F)(F)F)cc2)c1. The molecule has 2 aromatic rings. The second-order valence-corrected chi connectivity index (χ2v) is 4.60. The summed E-state index contributed by atoms with van der Waals surface area (Å²) in [6.45, 7) is 0. The molecule has 126 valence electrons. The number of hydrogen-bond donors (Lipinski definition) is 1. The van der Waals surface area contributed by atoms with E-state index in [4.69, 9.17) is 0 Å². The first-order valence-corrected chi connectivity index (χ1v) is 6.64. The molecule has 0 aromatic heterocycles. The number of carbonyl (C=O) groups is 2. The molecule has 5 nitrogen and oxygen atoms in total. The number of halogens is 3. The molecule has 0 saturated heterocycles. The summed E-state index contributed by atoms with van der Waals surface area (Å²) in [6, 6.07) is 10.5. The predicted octanol–water partition coefficient (Wildman–Crippen LogP) is 3.62. The smallest absolute Gasteiger partial charge is 0.465 e. The zero-order chi connectivity index (χ0) is 17.7. The third-order valence-electron chi connectivity index (χ3n) is 2.89. The minimum atomic E-state index is -4.79. The van der Waals surface area contributed by atoms with Crippen molar-refractivity contribution in [1.82, 2.24) is 0 Å². The number of carbonyl (C=O) groups excluding carboxylic acids is 2. The number of benzene rings is 2. The Morgan fingerprint density at radius 1 is 1.00 bits per heavy atom. The predicted molar refractivity (Wildman–Crippen MR) is 78.9 cm³/mol. The summed E-state index contributed by atoms with van der Waals surface area (Å²) in [5, 5.41) is 2.54. The van der Waals surface area contributed by atoms with Crippen molar-refractivity contribution in [2.24, 2.45) is 0 Å². The molecular weight excluding hydrogens is 327 g/mol. The molecule has 0 fully saturated rings. The number of alkyl halides is 3. The number of nitrogens with one attached hydrogen (secondary N) is 1. The Hall–Kier alpha value is -3.03. The molecule has 0 bridgehead atoms. The van der Waals surface area contributed by atoms with Crippen LogP contribution < -0.4 is 10.1 Å². The van der Waals surface area contributed by atoms with Crippen molar-refractivity contribution in [3.05, 3.63) is 59.7 Å². The summed E-state index contributed by atoms with van der Waals surface area (Å²) < 4.78 is 44.5. The molecule has 2 rings (SSSR count). The summed E-state index contributed by atoms with van der Waals surface area (Å²) in [4.78, 5) is 23.5. The van der Waals surface area contributed by atoms with Crippen molar-refractivity contribution < 1.29 is 32.2 Å². The first kappa shape index (κ1) is 17.3. The molecule has 2 aromatic carbocycles. The minimum absolute atomic E-state index is 0.132. The van der Waals surface area contributed by atoms with Gasteiger partial charge in [0, 0.05) is 11.3 Å². The highest BCUT2D eigenvalue weighted by atomic mass is 19.4. The summed E-state index contributed by atoms with van der Waals surface area (Å²) in [5.74, 6) is -1.53. The second kappa shape index (κ2) is 7.03. The van der Waals surface area contributed by atoms with E-state index in [1.807, 2.05) is 0 Å². The molecule has 0 aliphatic heterocycles. The fourth-order valence-electron chi connectivity index (χ4n) is 1.85. The Bertz CT molecular complexity index is 742. The zero-order valence-corrected chi connectivity index (χ0v) is 12.4. The lowest BCUT2D eigenvalue weighted by atomic mass is 10.1. The molecule has 0 unspecified atom stereocenters. The number of anilines is 1. The lowest BCUT2D eigenvalue weighted by Crippen LogP contribution is -2.17. The van der Waals surface area contributed by atoms with Gasteiger partial charge in [-0.2, -0.15) is 0 Å². The summed E-state index contributed by atoms with van der Waals surface area (Å²) in [5.41, 5.74) is 0.732. The molecule has 0 saturated carbocycles. The van der Waals surface area contributed by atoms with E-state index in [0.29, 0.717) is 5.69 Å². The molecule has 0 aliphatic rings. The van der Waals surface area contributed by atoms with Crippen LogP contribution in [0.2, 0.25) is 0 Å². The first-order valence-electron chi connectivity index (χ1n) is 6.64. The average Bonchev–Trinajstić information content (AvgIpc) is 2.53. The second-order valence-electron chi connectivity index (χ2n) is 4.60. The van der Waals surface area contributed by atoms with Crippen LogP contribution in [0.1, 0.15) is 20.7 Å². The van der Waals surface area contributed by atoms with Crippen molar-refractivity contribution in [2.75, 3.05) is 12.4 Å². The largest absolute Gasteiger partial charge is 0.573 e. The van der Waals surface area contributed by atoms with Gasteiger partial charge < -0.3 is 14.8 Å². The maximum absolute atomic E-state index is 12.1. The Morgan fingerprint density at radius 3 is 2.25 bits per heavy atom. The lowest BCUT2D eigenvalue weighted by Gasteiger charge is -2.10. The zero-order valence-electron chi connectivity index (χ0n) is 12.4. The third-order valence-corrected chi connectivity index (χ3v) is 2.89. The van der Waals surface area contributed by atoms with Crippen LogP contribution in [-0.4, -0.2) is 25.3 Å². The van der Waals surface area contributed by atoms with Crippen LogP contribution in [0.3, 0.4) is 0 Å². The fraction of sp³-hybridized carbons (Fsp3) is 0.125. The van der Waals surface area contributed by atoms with Crippen molar-refractivity contribution >= 4 is 17.6 Å². The van der Waals surface area contributed by atoms with Crippen molar-refractivity contribution in [2.45, 2.75) is 6.36 Å². The van der Waals surface area contributed by atoms with Crippen LogP contribution in [-0.2, 0) is 4.74 Å². The number of amides is 1. The molecule has 0 atom stereocenters. The van der Waals surface area contributed by atoms with E-state index >= 15 is 0 Å². The summed E-state index contributed by atoms with van der Waals surface area (Å²) in [7, 11) is 1.23. The lowest BCUT2D eigenvalue weighted by molar-refractivity contribution is -0.274. The molecule has 8 heteroatoms. The van der Waals surface area contributed by atoms with Crippen LogP contribution in [0.4, 0.5) is 18.9 Å². The van der Waals surface area contributed by atoms with Crippen LogP contribution in [0, 0.1) is 0 Å². The molecule has 0 spiro atoms. The Balaban J connectivity index is 2.08. The summed E-state index contributed by atoms with van der Waals surface area (Å²) in [6.07, 6.45) is -4.79. The van der Waals surface area contributed by atoms with Gasteiger partial charge in [0.2, 0.25) is 0 Å². The van der Waals surface area contributed by atoms with E-state index in [9.17, 15) is 22.8 Å². The van der Waals surface area contributed by atoms with Gasteiger partial charge >= 0.3 is 12.3 Å². The van der Waals surface area contributed by atoms with E-state index in [2.05, 4.69) is 14.8 Å². The van der Waals surface area contributed by atoms with Crippen LogP contribution >= 0.6 is 0 Å². The molecule has 24 heavy (non-hydrogen) atoms. The quantitative estimate of drug-likeness (QED) is 0.864. The standard InChI is InChI=1S/C16H12F3NO4/c1-23-15(22)11-3-2-4-12(9-11)20-14(21)10-5-7-13(8-6-10)24-16(17,18)19/h2-9H,1H3,(H,20,21). The normalized spacial score (nSPS) is 10.8. The topological polar surface area (TPSA) is 64.6 Å². The first-order chi connectivity index (χ1) is 11.3. The fourth-order valence-corrected chi connectivity index (χ4v) is 1.85. The van der Waals surface area contributed by atoms with Crippen LogP contribution in [0.5, 0.6) is 5.75 Å². The van der Waals surface area contributed by atoms with Gasteiger partial charge in [0.25, 0.3) is 5.91 Å². The molecule has 0 heterocycles. The van der Waals surface area contributed by atoms with Gasteiger partial charge in [0.05, 0.1) is 12.7 Å². The van der Waals surface area contributed by atoms with E-state index in [1.54, 1.807) is 12.1 Å². The maximum atomic E-state index is 12.1. The van der Waals surface area contributed by atoms with E-state index in [0.717, 1.165) is 12.1 Å². The Labute approximate surface area is 135 Å². The van der Waals surface area contributed by atoms with Crippen molar-refractivity contribution in [3.8, 4) is 5.75 Å². The van der Waals surface area contributed by atoms with Gasteiger partial charge in [0.1, 0.15) is 5.75 Å². The monoisotopic (exact) mass is 339 g/mol. The summed E-state index contributed by atoms with van der Waals surface area (Å²) >= 11 is 0. The van der Waals surface area contributed by atoms with E-state index in [1.165, 1.54) is 31.4 Å². The van der Waals surface area contributed by atoms with Crippen LogP contribution in [0.25, 0.3) is 0 Å². The van der Waals surface area contributed by atoms with E-state index in [-0.39, 0.29) is 11.1 Å². The third kappa shape index (κ3) is 4.73. The van der Waals surface area contributed by atoms with Gasteiger partial charge in [-0.3, -0.25) is 4.79 Å². The highest BCUT2D eigenvalue weighted by Crippen LogP contribution is 2.23. The molecule has 1 N–H and O–H groups in total. The van der Waals surface area contributed by atoms with Crippen LogP contribution in [0.15, 0.2) is 48.5 Å². The number of esters is 1. The maximum Gasteiger partial charge on any atom is 0.573 e. The Morgan fingerprint density at radius 2 is 1.67 bits per heavy atom. The number of methoxy groups -OCH3 is 1. The van der Waals surface area contributed by atoms with Crippen molar-refractivity contribution in [3.63, 3.8) is 0 Å². The number of ether oxygens (including phenoxy) is 2. The highest BCUT2D eigenvalue weighted by molar-refractivity contribution is 6.04. The van der Waals surface area contributed by atoms with Gasteiger partial charge in [-0.25, -0.2) is 4.79 Å². The molecule has 0 aliphatic carbocycles. The average molecular weight is 339 g/mol. The molecule has 1 amide bonds. The van der Waals surface area contributed by atoms with Gasteiger partial charge in [-0.1, -0.05) is 6.07 Å². The van der Waals surface area contributed by atoms with Gasteiger partial charge in [-0.15, -0.1) is 13.2 Å². The van der Waals surface area contributed by atoms with Gasteiger partial charge in [-0.05, 0) is 42.5 Å². The Kier molecular flexibility index (Phi) is 5.08. The van der Waals surface area contributed by atoms with Gasteiger partial charge in [0.15, 0.2) is 0 Å². The molecular formula is C16H12F3NO4. The highest BCUT2D eigenvalue weighted by Gasteiger charge is 2.31. The van der Waals surface area contributed by atoms with Crippen molar-refractivity contribution in [1.29, 1.82) is 0 Å².